The fourth-order valence-electron chi connectivity index (χ4n) is 11.5. The second kappa shape index (κ2) is 27.0. The van der Waals surface area contributed by atoms with Crippen molar-refractivity contribution in [3.8, 4) is 44.8 Å². The van der Waals surface area contributed by atoms with Crippen LogP contribution in [0.4, 0.5) is 18.4 Å². The molecule has 0 unspecified atom stereocenters. The van der Waals surface area contributed by atoms with Crippen LogP contribution in [-0.2, 0) is 45.2 Å². The van der Waals surface area contributed by atoms with E-state index in [0.29, 0.717) is 38.0 Å². The number of carbonyl (C=O) groups is 4. The molecule has 2 aromatic heterocycles. The molecule has 3 aliphatic rings. The molecule has 4 atom stereocenters. The lowest BCUT2D eigenvalue weighted by Crippen LogP contribution is -2.44. The molecule has 4 aromatic carbocycles. The van der Waals surface area contributed by atoms with Gasteiger partial charge in [-0.2, -0.15) is 0 Å². The normalized spacial score (nSPS) is 17.0. The second-order valence-corrected chi connectivity index (χ2v) is 23.6. The van der Waals surface area contributed by atoms with Gasteiger partial charge in [-0.3, -0.25) is 19.6 Å². The number of fused-ring (bicyclic) bond motifs is 6. The van der Waals surface area contributed by atoms with Crippen molar-refractivity contribution < 1.29 is 52.8 Å². The van der Waals surface area contributed by atoms with Crippen molar-refractivity contribution in [3.63, 3.8) is 0 Å². The molecule has 9 rings (SSSR count). The molecule has 0 bridgehead atoms. The lowest BCUT2D eigenvalue weighted by molar-refractivity contribution is -0.289. The standard InChI is InChI=1S/C36H42FN3O4.C32H36FN3O5/c1-22(2)33-30(17-16-27-19-28(18-23(3)41)44-36(4,5)43-27)32(24-12-14-26(37)15-13-24)31-21-40(35(42)39(6)7)20-25-10-8-9-11-29(25)34(31)38-33;1-19(2)30-26(14-13-23(37)15-24(38)16-28(39)40)29(20-9-11-22(33)12-10-20)27-18-36(32(41)35(3)4)17-21-7-5-6-8-25(21)31(27)34-30/h8-17,22,27-28H,18-21H2,1-7H3;5-14,19,23-24,37-38H,15-18H2,1-4H3,(H,39,40)/b17-16+;14-13+/t27-,28+;23-,24-/m11/s1. The van der Waals surface area contributed by atoms with Gasteiger partial charge in [0.15, 0.2) is 5.79 Å². The summed E-state index contributed by atoms with van der Waals surface area (Å²) in [6.07, 6.45) is 4.69. The Labute approximate surface area is 497 Å². The number of hydrogen-bond acceptors (Lipinski definition) is 10. The Morgan fingerprint density at radius 1 is 0.671 bits per heavy atom. The highest BCUT2D eigenvalue weighted by molar-refractivity contribution is 5.89. The van der Waals surface area contributed by atoms with Crippen molar-refractivity contribution >= 4 is 36.0 Å². The van der Waals surface area contributed by atoms with Crippen molar-refractivity contribution in [2.24, 2.45) is 0 Å². The van der Waals surface area contributed by atoms with Crippen LogP contribution in [0.2, 0.25) is 0 Å². The van der Waals surface area contributed by atoms with Crippen LogP contribution in [0.15, 0.2) is 109 Å². The predicted octanol–water partition coefficient (Wildman–Crippen LogP) is 12.9. The average Bonchev–Trinajstić information content (AvgIpc) is 2.01. The number of ketones is 1. The number of halogens is 2. The maximum Gasteiger partial charge on any atom is 0.320 e. The monoisotopic (exact) mass is 1160 g/mol. The summed E-state index contributed by atoms with van der Waals surface area (Å²) >= 11 is 0. The molecule has 5 heterocycles. The Morgan fingerprint density at radius 3 is 1.54 bits per heavy atom. The lowest BCUT2D eigenvalue weighted by Gasteiger charge is -2.39. The van der Waals surface area contributed by atoms with E-state index in [1.807, 2.05) is 87.2 Å². The van der Waals surface area contributed by atoms with Crippen LogP contribution in [0, 0.1) is 11.6 Å². The van der Waals surface area contributed by atoms with Crippen LogP contribution < -0.4 is 0 Å². The molecule has 17 heteroatoms. The van der Waals surface area contributed by atoms with Crippen LogP contribution in [0.25, 0.3) is 56.9 Å². The molecule has 3 N–H and O–H groups in total. The summed E-state index contributed by atoms with van der Waals surface area (Å²) in [5.74, 6) is -2.61. The number of aliphatic hydroxyl groups is 2. The van der Waals surface area contributed by atoms with Gasteiger partial charge in [0.05, 0.1) is 66.7 Å². The van der Waals surface area contributed by atoms with E-state index in [4.69, 9.17) is 24.5 Å². The van der Waals surface area contributed by atoms with Crippen molar-refractivity contribution in [3.05, 3.63) is 166 Å². The fraction of sp³-hybridized carbons (Fsp3) is 0.382. The lowest BCUT2D eigenvalue weighted by atomic mass is 9.87. The largest absolute Gasteiger partial charge is 0.481 e. The highest BCUT2D eigenvalue weighted by Crippen LogP contribution is 2.45. The van der Waals surface area contributed by atoms with E-state index in [-0.39, 0.29) is 66.5 Å². The van der Waals surface area contributed by atoms with Crippen molar-refractivity contribution in [1.82, 2.24) is 29.6 Å². The molecule has 0 aliphatic carbocycles. The van der Waals surface area contributed by atoms with Gasteiger partial charge >= 0.3 is 18.0 Å². The molecule has 85 heavy (non-hydrogen) atoms. The van der Waals surface area contributed by atoms with Gasteiger partial charge in [-0.15, -0.1) is 0 Å². The van der Waals surface area contributed by atoms with Crippen molar-refractivity contribution in [2.45, 2.75) is 142 Å². The van der Waals surface area contributed by atoms with Crippen LogP contribution in [0.1, 0.15) is 131 Å². The number of aliphatic carboxylic acids is 1. The zero-order valence-electron chi connectivity index (χ0n) is 50.4. The smallest absolute Gasteiger partial charge is 0.320 e. The first-order chi connectivity index (χ1) is 40.3. The Balaban J connectivity index is 0.000000222. The van der Waals surface area contributed by atoms with Crippen LogP contribution in [0.5, 0.6) is 0 Å². The molecule has 1 fully saturated rings. The number of hydrogen-bond donors (Lipinski definition) is 3. The summed E-state index contributed by atoms with van der Waals surface area (Å²) in [5, 5.41) is 29.6. The third-order valence-corrected chi connectivity index (χ3v) is 15.1. The number of aromatic nitrogens is 2. The molecule has 4 amide bonds. The van der Waals surface area contributed by atoms with E-state index in [9.17, 15) is 38.2 Å². The van der Waals surface area contributed by atoms with Crippen LogP contribution in [-0.4, -0.2) is 127 Å². The highest BCUT2D eigenvalue weighted by atomic mass is 19.1. The number of nitrogens with zero attached hydrogens (tertiary/aromatic N) is 6. The summed E-state index contributed by atoms with van der Waals surface area (Å²) in [5.41, 5.74) is 13.6. The van der Waals surface area contributed by atoms with Gasteiger partial charge < -0.3 is 44.4 Å². The summed E-state index contributed by atoms with van der Waals surface area (Å²) < 4.78 is 40.6. The Bertz CT molecular complexity index is 3490. The predicted molar refractivity (Wildman–Crippen MR) is 326 cm³/mol. The summed E-state index contributed by atoms with van der Waals surface area (Å²) in [4.78, 5) is 66.8. The van der Waals surface area contributed by atoms with E-state index in [2.05, 4.69) is 19.9 Å². The zero-order valence-corrected chi connectivity index (χ0v) is 50.4. The molecule has 6 aromatic rings. The van der Waals surface area contributed by atoms with Crippen molar-refractivity contribution in [2.75, 3.05) is 28.2 Å². The molecule has 0 saturated carbocycles. The fourth-order valence-corrected chi connectivity index (χ4v) is 11.5. The number of amides is 4. The van der Waals surface area contributed by atoms with E-state index in [0.717, 1.165) is 84.0 Å². The van der Waals surface area contributed by atoms with Gasteiger partial charge in [-0.25, -0.2) is 18.4 Å². The van der Waals surface area contributed by atoms with Gasteiger partial charge in [-0.1, -0.05) is 125 Å². The Hall–Kier alpha value is -7.96. The Kier molecular flexibility index (Phi) is 20.0. The van der Waals surface area contributed by atoms with E-state index < -0.39 is 30.4 Å². The minimum Gasteiger partial charge on any atom is -0.481 e. The van der Waals surface area contributed by atoms with Crippen LogP contribution >= 0.6 is 0 Å². The summed E-state index contributed by atoms with van der Waals surface area (Å²) in [7, 11) is 6.92. The number of Topliss-reactive ketones (excluding diaryl/α,β-unsaturated/α-hetero) is 1. The molecular formula is C68H78F2N6O9. The van der Waals surface area contributed by atoms with Gasteiger partial charge in [0.25, 0.3) is 0 Å². The van der Waals surface area contributed by atoms with Gasteiger partial charge in [0.1, 0.15) is 17.4 Å². The van der Waals surface area contributed by atoms with E-state index in [1.54, 1.807) is 75.3 Å². The molecule has 1 saturated heterocycles. The zero-order chi connectivity index (χ0) is 61.6. The molecule has 3 aliphatic heterocycles. The van der Waals surface area contributed by atoms with Gasteiger partial charge in [0.2, 0.25) is 0 Å². The summed E-state index contributed by atoms with van der Waals surface area (Å²) in [6, 6.07) is 28.3. The number of carbonyl (C=O) groups excluding carboxylic acids is 3. The Morgan fingerprint density at radius 2 is 1.12 bits per heavy atom. The SMILES string of the molecule is CC(=O)C[C@H]1C[C@@H](/C=C/c2c(C(C)C)nc3c(c2-c2ccc(F)cc2)CN(C(=O)N(C)C)Cc2ccccc2-3)OC(C)(C)O1.CC(C)c1nc2c(c(-c3ccc(F)cc3)c1/C=C/[C@@H](O)C[C@@H](O)CC(=O)O)CN(C(=O)N(C)C)Cc1ccccc1-2. The third-order valence-electron chi connectivity index (χ3n) is 15.1. The number of pyridine rings is 2. The molecule has 0 spiro atoms. The maximum atomic E-state index is 14.2. The minimum absolute atomic E-state index is 0.0381. The van der Waals surface area contributed by atoms with Gasteiger partial charge in [-0.05, 0) is 90.3 Å². The first kappa shape index (κ1) is 63.1. The van der Waals surface area contributed by atoms with Gasteiger partial charge in [0, 0.05) is 93.9 Å². The molecular weight excluding hydrogens is 1080 g/mol. The number of ether oxygens (including phenoxy) is 2. The minimum atomic E-state index is -1.21. The molecule has 15 nitrogen and oxygen atoms in total. The van der Waals surface area contributed by atoms with Crippen molar-refractivity contribution in [1.29, 1.82) is 0 Å². The first-order valence-corrected chi connectivity index (χ1v) is 28.8. The molecule has 448 valence electrons. The topological polar surface area (TPSA) is 186 Å². The van der Waals surface area contributed by atoms with Crippen LogP contribution in [0.3, 0.4) is 0 Å². The number of urea groups is 2. The number of benzene rings is 4. The number of carboxylic acids is 1. The number of rotatable bonds is 14. The molecule has 0 radical (unpaired) electrons. The maximum absolute atomic E-state index is 14.2. The second-order valence-electron chi connectivity index (χ2n) is 23.6. The number of carboxylic acid groups (broad SMARTS) is 1. The highest BCUT2D eigenvalue weighted by Gasteiger charge is 2.36. The van der Waals surface area contributed by atoms with E-state index >= 15 is 0 Å². The average molecular weight is 1160 g/mol. The van der Waals surface area contributed by atoms with E-state index in [1.165, 1.54) is 35.2 Å². The first-order valence-electron chi connectivity index (χ1n) is 28.8. The quantitative estimate of drug-likeness (QED) is 0.0942. The number of aliphatic hydroxyl groups excluding tert-OH is 2. The summed E-state index contributed by atoms with van der Waals surface area (Å²) in [6.45, 7) is 15.0. The third kappa shape index (κ3) is 15.1.